The fourth-order valence-electron chi connectivity index (χ4n) is 1.09. The Bertz CT molecular complexity index is 307. The van der Waals surface area contributed by atoms with E-state index in [-0.39, 0.29) is 0 Å². The van der Waals surface area contributed by atoms with Crippen molar-refractivity contribution in [1.29, 1.82) is 0 Å². The number of thioether (sulfide) groups is 1. The maximum absolute atomic E-state index is 6.02. The number of ether oxygens (including phenoxy) is 1. The normalized spacial score (nSPS) is 10.5. The number of nitrogen functional groups attached to an aromatic ring is 1. The highest BCUT2D eigenvalue weighted by molar-refractivity contribution is 7.99. The van der Waals surface area contributed by atoms with Crippen LogP contribution in [0.1, 0.15) is 13.3 Å². The average molecular weight is 246 g/mol. The first-order chi connectivity index (χ1) is 7.24. The third-order valence-electron chi connectivity index (χ3n) is 1.79. The molecule has 0 saturated carbocycles. The van der Waals surface area contributed by atoms with E-state index in [1.165, 1.54) is 0 Å². The predicted octanol–water partition coefficient (Wildman–Crippen LogP) is 3.44. The van der Waals surface area contributed by atoms with Crippen LogP contribution in [0.3, 0.4) is 0 Å². The van der Waals surface area contributed by atoms with Gasteiger partial charge in [0.25, 0.3) is 0 Å². The molecule has 1 rings (SSSR count). The maximum Gasteiger partial charge on any atom is 0.0560 e. The molecule has 2 nitrogen and oxygen atoms in total. The van der Waals surface area contributed by atoms with Gasteiger partial charge in [0.05, 0.1) is 11.6 Å². The molecule has 1 aromatic carbocycles. The first kappa shape index (κ1) is 12.7. The van der Waals surface area contributed by atoms with Crippen LogP contribution in [0, 0.1) is 0 Å². The van der Waals surface area contributed by atoms with E-state index >= 15 is 0 Å². The van der Waals surface area contributed by atoms with Crippen molar-refractivity contribution in [2.45, 2.75) is 18.2 Å². The monoisotopic (exact) mass is 245 g/mol. The highest BCUT2D eigenvalue weighted by atomic mass is 35.5. The SMILES string of the molecule is CCCOCCSc1cc(N)ccc1Cl. The Hall–Kier alpha value is -0.380. The molecule has 2 N–H and O–H groups in total. The highest BCUT2D eigenvalue weighted by Gasteiger charge is 2.01. The summed E-state index contributed by atoms with van der Waals surface area (Å²) in [7, 11) is 0. The van der Waals surface area contributed by atoms with E-state index in [2.05, 4.69) is 6.92 Å². The molecule has 0 unspecified atom stereocenters. The van der Waals surface area contributed by atoms with Crippen LogP contribution in [0.15, 0.2) is 23.1 Å². The molecule has 0 fully saturated rings. The Kier molecular flexibility index (Phi) is 5.91. The lowest BCUT2D eigenvalue weighted by molar-refractivity contribution is 0.151. The Morgan fingerprint density at radius 2 is 2.20 bits per heavy atom. The zero-order chi connectivity index (χ0) is 11.1. The van der Waals surface area contributed by atoms with E-state index in [0.717, 1.165) is 41.0 Å². The van der Waals surface area contributed by atoms with Gasteiger partial charge in [-0.25, -0.2) is 0 Å². The van der Waals surface area contributed by atoms with Crippen molar-refractivity contribution in [3.8, 4) is 0 Å². The summed E-state index contributed by atoms with van der Waals surface area (Å²) < 4.78 is 5.38. The molecule has 0 atom stereocenters. The van der Waals surface area contributed by atoms with Gasteiger partial charge in [-0.3, -0.25) is 0 Å². The Labute approximate surface area is 100 Å². The fourth-order valence-corrected chi connectivity index (χ4v) is 2.22. The molecule has 0 aliphatic carbocycles. The van der Waals surface area contributed by atoms with Crippen molar-refractivity contribution >= 4 is 29.1 Å². The molecule has 0 radical (unpaired) electrons. The van der Waals surface area contributed by atoms with Gasteiger partial charge in [-0.2, -0.15) is 0 Å². The Morgan fingerprint density at radius 3 is 2.93 bits per heavy atom. The largest absolute Gasteiger partial charge is 0.399 e. The number of anilines is 1. The van der Waals surface area contributed by atoms with E-state index in [4.69, 9.17) is 22.1 Å². The molecule has 0 aromatic heterocycles. The second-order valence-corrected chi connectivity index (χ2v) is 4.69. The average Bonchev–Trinajstić information content (AvgIpc) is 2.23. The van der Waals surface area contributed by atoms with Gasteiger partial charge >= 0.3 is 0 Å². The number of nitrogens with two attached hydrogens (primary N) is 1. The lowest BCUT2D eigenvalue weighted by Crippen LogP contribution is -1.98. The Morgan fingerprint density at radius 1 is 1.40 bits per heavy atom. The summed E-state index contributed by atoms with van der Waals surface area (Å²) in [5, 5.41) is 0.754. The molecule has 0 heterocycles. The van der Waals surface area contributed by atoms with E-state index in [0.29, 0.717) is 0 Å². The molecule has 0 spiro atoms. The fraction of sp³-hybridized carbons (Fsp3) is 0.455. The van der Waals surface area contributed by atoms with Crippen molar-refractivity contribution < 1.29 is 4.74 Å². The molecule has 4 heteroatoms. The van der Waals surface area contributed by atoms with Crippen molar-refractivity contribution in [2.75, 3.05) is 24.7 Å². The molecule has 0 saturated heterocycles. The van der Waals surface area contributed by atoms with Gasteiger partial charge in [-0.1, -0.05) is 18.5 Å². The van der Waals surface area contributed by atoms with Crippen LogP contribution in [-0.4, -0.2) is 19.0 Å². The molecule has 0 bridgehead atoms. The van der Waals surface area contributed by atoms with Crippen molar-refractivity contribution in [3.05, 3.63) is 23.2 Å². The second kappa shape index (κ2) is 6.99. The Balaban J connectivity index is 2.33. The number of halogens is 1. The summed E-state index contributed by atoms with van der Waals surface area (Å²) in [6.45, 7) is 3.68. The highest BCUT2D eigenvalue weighted by Crippen LogP contribution is 2.28. The number of rotatable bonds is 6. The van der Waals surface area contributed by atoms with Crippen LogP contribution in [0.25, 0.3) is 0 Å². The van der Waals surface area contributed by atoms with Crippen LogP contribution in [0.4, 0.5) is 5.69 Å². The molecule has 0 aliphatic rings. The number of hydrogen-bond acceptors (Lipinski definition) is 3. The van der Waals surface area contributed by atoms with Gasteiger partial charge in [-0.15, -0.1) is 11.8 Å². The molecule has 0 amide bonds. The summed E-state index contributed by atoms with van der Waals surface area (Å²) in [5.41, 5.74) is 6.42. The second-order valence-electron chi connectivity index (χ2n) is 3.15. The van der Waals surface area contributed by atoms with E-state index in [9.17, 15) is 0 Å². The van der Waals surface area contributed by atoms with E-state index in [1.54, 1.807) is 17.8 Å². The van der Waals surface area contributed by atoms with E-state index in [1.807, 2.05) is 12.1 Å². The van der Waals surface area contributed by atoms with E-state index < -0.39 is 0 Å². The third kappa shape index (κ3) is 4.78. The van der Waals surface area contributed by atoms with Gasteiger partial charge in [0, 0.05) is 22.9 Å². The summed E-state index contributed by atoms with van der Waals surface area (Å²) in [4.78, 5) is 1.02. The lowest BCUT2D eigenvalue weighted by Gasteiger charge is -2.05. The van der Waals surface area contributed by atoms with Gasteiger partial charge in [-0.05, 0) is 24.6 Å². The van der Waals surface area contributed by atoms with Crippen molar-refractivity contribution in [1.82, 2.24) is 0 Å². The van der Waals surface area contributed by atoms with Gasteiger partial charge < -0.3 is 10.5 Å². The van der Waals surface area contributed by atoms with Gasteiger partial charge in [0.1, 0.15) is 0 Å². The van der Waals surface area contributed by atoms with Crippen LogP contribution < -0.4 is 5.73 Å². The summed E-state index contributed by atoms with van der Waals surface area (Å²) in [6.07, 6.45) is 1.06. The molecule has 15 heavy (non-hydrogen) atoms. The molecule has 84 valence electrons. The van der Waals surface area contributed by atoms with Crippen LogP contribution in [0.5, 0.6) is 0 Å². The lowest BCUT2D eigenvalue weighted by atomic mass is 10.3. The third-order valence-corrected chi connectivity index (χ3v) is 3.25. The zero-order valence-corrected chi connectivity index (χ0v) is 10.4. The van der Waals surface area contributed by atoms with Crippen molar-refractivity contribution in [2.24, 2.45) is 0 Å². The number of benzene rings is 1. The quantitative estimate of drug-likeness (QED) is 0.474. The summed E-state index contributed by atoms with van der Waals surface area (Å²) in [5.74, 6) is 0.906. The molecule has 1 aromatic rings. The molecular weight excluding hydrogens is 230 g/mol. The summed E-state index contributed by atoms with van der Waals surface area (Å²) >= 11 is 7.69. The van der Waals surface area contributed by atoms with Crippen molar-refractivity contribution in [3.63, 3.8) is 0 Å². The smallest absolute Gasteiger partial charge is 0.0560 e. The first-order valence-corrected chi connectivity index (χ1v) is 6.36. The van der Waals surface area contributed by atoms with Gasteiger partial charge in [0.15, 0.2) is 0 Å². The van der Waals surface area contributed by atoms with Crippen LogP contribution in [0.2, 0.25) is 5.02 Å². The first-order valence-electron chi connectivity index (χ1n) is 4.99. The topological polar surface area (TPSA) is 35.2 Å². The minimum absolute atomic E-state index is 0.747. The van der Waals surface area contributed by atoms with Crippen LogP contribution in [-0.2, 0) is 4.74 Å². The summed E-state index contributed by atoms with van der Waals surface area (Å²) in [6, 6.07) is 5.53. The minimum atomic E-state index is 0.747. The predicted molar refractivity (Wildman–Crippen MR) is 67.7 cm³/mol. The minimum Gasteiger partial charge on any atom is -0.399 e. The molecular formula is C11H16ClNOS. The van der Waals surface area contributed by atoms with Gasteiger partial charge in [0.2, 0.25) is 0 Å². The zero-order valence-electron chi connectivity index (χ0n) is 8.83. The number of hydrogen-bond donors (Lipinski definition) is 1. The standard InChI is InChI=1S/C11H16ClNOS/c1-2-5-14-6-7-15-11-8-9(13)3-4-10(11)12/h3-4,8H,2,5-7,13H2,1H3. The van der Waals surface area contributed by atoms with Crippen LogP contribution >= 0.6 is 23.4 Å². The molecule has 0 aliphatic heterocycles. The maximum atomic E-state index is 6.02.